The van der Waals surface area contributed by atoms with Crippen molar-refractivity contribution < 1.29 is 14.8 Å². The predicted molar refractivity (Wildman–Crippen MR) is 70.4 cm³/mol. The van der Waals surface area contributed by atoms with E-state index in [1.165, 1.54) is 6.07 Å². The Morgan fingerprint density at radius 3 is 2.53 bits per heavy atom. The zero-order valence-electron chi connectivity index (χ0n) is 10.7. The van der Waals surface area contributed by atoms with Crippen molar-refractivity contribution in [3.05, 3.63) is 33.9 Å². The van der Waals surface area contributed by atoms with Crippen molar-refractivity contribution in [2.75, 3.05) is 18.0 Å². The van der Waals surface area contributed by atoms with Crippen LogP contribution in [0.2, 0.25) is 0 Å². The van der Waals surface area contributed by atoms with E-state index in [1.807, 2.05) is 0 Å². The summed E-state index contributed by atoms with van der Waals surface area (Å²) in [7, 11) is 0. The van der Waals surface area contributed by atoms with E-state index in [-0.39, 0.29) is 11.6 Å². The molecule has 2 rings (SSSR count). The number of benzene rings is 1. The molecule has 0 atom stereocenters. The van der Waals surface area contributed by atoms with Crippen molar-refractivity contribution in [2.24, 2.45) is 5.92 Å². The monoisotopic (exact) mass is 264 g/mol. The first-order valence-corrected chi connectivity index (χ1v) is 6.22. The summed E-state index contributed by atoms with van der Waals surface area (Å²) in [5, 5.41) is 19.7. The van der Waals surface area contributed by atoms with E-state index in [4.69, 9.17) is 5.11 Å². The van der Waals surface area contributed by atoms with Crippen molar-refractivity contribution in [3.63, 3.8) is 0 Å². The van der Waals surface area contributed by atoms with Crippen molar-refractivity contribution in [1.29, 1.82) is 0 Å². The van der Waals surface area contributed by atoms with Gasteiger partial charge in [-0.1, -0.05) is 0 Å². The minimum Gasteiger partial charge on any atom is -0.481 e. The molecule has 6 heteroatoms. The second kappa shape index (κ2) is 5.26. The molecule has 0 bridgehead atoms. The summed E-state index contributed by atoms with van der Waals surface area (Å²) in [5.41, 5.74) is 1.67. The third-order valence-corrected chi connectivity index (χ3v) is 3.59. The van der Waals surface area contributed by atoms with Gasteiger partial charge in [0.2, 0.25) is 0 Å². The highest BCUT2D eigenvalue weighted by molar-refractivity contribution is 5.70. The van der Waals surface area contributed by atoms with Crippen LogP contribution in [0.25, 0.3) is 0 Å². The third kappa shape index (κ3) is 2.83. The molecule has 1 aliphatic rings. The first-order chi connectivity index (χ1) is 8.99. The lowest BCUT2D eigenvalue weighted by Crippen LogP contribution is -2.36. The zero-order valence-corrected chi connectivity index (χ0v) is 10.7. The topological polar surface area (TPSA) is 83.7 Å². The maximum atomic E-state index is 10.9. The minimum absolute atomic E-state index is 0.115. The Labute approximate surface area is 110 Å². The van der Waals surface area contributed by atoms with Gasteiger partial charge in [0.25, 0.3) is 5.69 Å². The van der Waals surface area contributed by atoms with E-state index in [2.05, 4.69) is 4.90 Å². The fourth-order valence-corrected chi connectivity index (χ4v) is 2.43. The molecule has 19 heavy (non-hydrogen) atoms. The molecule has 1 aromatic carbocycles. The van der Waals surface area contributed by atoms with Crippen LogP contribution in [0.5, 0.6) is 0 Å². The Morgan fingerprint density at radius 2 is 2.05 bits per heavy atom. The van der Waals surface area contributed by atoms with E-state index in [0.717, 1.165) is 5.69 Å². The van der Waals surface area contributed by atoms with Gasteiger partial charge in [-0.25, -0.2) is 0 Å². The predicted octanol–water partition coefficient (Wildman–Crippen LogP) is 2.20. The number of carboxylic acids is 1. The van der Waals surface area contributed by atoms with E-state index in [0.29, 0.717) is 31.5 Å². The summed E-state index contributed by atoms with van der Waals surface area (Å²) in [5.74, 6) is -1.00. The largest absolute Gasteiger partial charge is 0.481 e. The number of nitro benzene ring substituents is 1. The quantitative estimate of drug-likeness (QED) is 0.668. The average molecular weight is 264 g/mol. The number of hydrogen-bond donors (Lipinski definition) is 1. The highest BCUT2D eigenvalue weighted by Crippen LogP contribution is 2.27. The molecule has 0 amide bonds. The van der Waals surface area contributed by atoms with E-state index in [9.17, 15) is 14.9 Å². The molecule has 1 aromatic rings. The molecule has 0 saturated carbocycles. The van der Waals surface area contributed by atoms with Crippen molar-refractivity contribution >= 4 is 17.3 Å². The molecule has 1 fully saturated rings. The molecule has 1 N–H and O–H groups in total. The lowest BCUT2D eigenvalue weighted by atomic mass is 9.96. The second-order valence-corrected chi connectivity index (χ2v) is 4.83. The number of piperidine rings is 1. The summed E-state index contributed by atoms with van der Waals surface area (Å²) in [6.07, 6.45) is 1.23. The molecule has 0 unspecified atom stereocenters. The number of aryl methyl sites for hydroxylation is 1. The fraction of sp³-hybridized carbons (Fsp3) is 0.462. The van der Waals surface area contributed by atoms with Gasteiger partial charge in [-0.15, -0.1) is 0 Å². The Morgan fingerprint density at radius 1 is 1.42 bits per heavy atom. The van der Waals surface area contributed by atoms with Gasteiger partial charge in [0.15, 0.2) is 0 Å². The van der Waals surface area contributed by atoms with Crippen LogP contribution in [0, 0.1) is 23.0 Å². The van der Waals surface area contributed by atoms with Gasteiger partial charge >= 0.3 is 5.97 Å². The Kier molecular flexibility index (Phi) is 3.69. The highest BCUT2D eigenvalue weighted by Gasteiger charge is 2.25. The van der Waals surface area contributed by atoms with Crippen molar-refractivity contribution in [2.45, 2.75) is 19.8 Å². The standard InChI is InChI=1S/C13H16N2O4/c1-9-8-11(2-3-12(9)15(18)19)14-6-4-10(5-7-14)13(16)17/h2-3,8,10H,4-7H2,1H3,(H,16,17). The highest BCUT2D eigenvalue weighted by atomic mass is 16.6. The van der Waals surface area contributed by atoms with E-state index < -0.39 is 10.9 Å². The van der Waals surface area contributed by atoms with Gasteiger partial charge in [-0.2, -0.15) is 0 Å². The number of carboxylic acid groups (broad SMARTS) is 1. The molecular weight excluding hydrogens is 248 g/mol. The van der Waals surface area contributed by atoms with Gasteiger partial charge in [0.1, 0.15) is 0 Å². The molecule has 1 aliphatic heterocycles. The normalized spacial score (nSPS) is 16.4. The van der Waals surface area contributed by atoms with Gasteiger partial charge in [-0.3, -0.25) is 14.9 Å². The lowest BCUT2D eigenvalue weighted by Gasteiger charge is -2.32. The van der Waals surface area contributed by atoms with Crippen LogP contribution in [-0.4, -0.2) is 29.1 Å². The van der Waals surface area contributed by atoms with E-state index >= 15 is 0 Å². The van der Waals surface area contributed by atoms with Crippen LogP contribution in [0.15, 0.2) is 18.2 Å². The number of hydrogen-bond acceptors (Lipinski definition) is 4. The molecule has 102 valence electrons. The summed E-state index contributed by atoms with van der Waals surface area (Å²) in [4.78, 5) is 23.3. The lowest BCUT2D eigenvalue weighted by molar-refractivity contribution is -0.385. The first-order valence-electron chi connectivity index (χ1n) is 6.22. The molecule has 0 aliphatic carbocycles. The molecule has 6 nitrogen and oxygen atoms in total. The molecule has 1 saturated heterocycles. The smallest absolute Gasteiger partial charge is 0.306 e. The van der Waals surface area contributed by atoms with Crippen LogP contribution in [0.4, 0.5) is 11.4 Å². The Balaban J connectivity index is 2.10. The summed E-state index contributed by atoms with van der Waals surface area (Å²) < 4.78 is 0. The maximum absolute atomic E-state index is 10.9. The van der Waals surface area contributed by atoms with Gasteiger partial charge in [-0.05, 0) is 31.9 Å². The number of carbonyl (C=O) groups is 1. The van der Waals surface area contributed by atoms with Crippen molar-refractivity contribution in [1.82, 2.24) is 0 Å². The Bertz CT molecular complexity index is 507. The van der Waals surface area contributed by atoms with Gasteiger partial charge < -0.3 is 10.0 Å². The number of rotatable bonds is 3. The first kappa shape index (κ1) is 13.3. The molecule has 1 heterocycles. The number of anilines is 1. The van der Waals surface area contributed by atoms with Crippen molar-refractivity contribution in [3.8, 4) is 0 Å². The molecule has 0 aromatic heterocycles. The average Bonchev–Trinajstić information content (AvgIpc) is 2.38. The number of nitro groups is 1. The van der Waals surface area contributed by atoms with Crippen LogP contribution in [0.3, 0.4) is 0 Å². The second-order valence-electron chi connectivity index (χ2n) is 4.83. The van der Waals surface area contributed by atoms with Crippen LogP contribution >= 0.6 is 0 Å². The minimum atomic E-state index is -0.737. The molecule has 0 radical (unpaired) electrons. The van der Waals surface area contributed by atoms with E-state index in [1.54, 1.807) is 19.1 Å². The Hall–Kier alpha value is -2.11. The molecule has 0 spiro atoms. The number of aliphatic carboxylic acids is 1. The summed E-state index contributed by atoms with van der Waals surface area (Å²) in [6, 6.07) is 5.03. The summed E-state index contributed by atoms with van der Waals surface area (Å²) in [6.45, 7) is 3.06. The third-order valence-electron chi connectivity index (χ3n) is 3.59. The van der Waals surface area contributed by atoms with Crippen LogP contribution < -0.4 is 4.90 Å². The fourth-order valence-electron chi connectivity index (χ4n) is 2.43. The summed E-state index contributed by atoms with van der Waals surface area (Å²) >= 11 is 0. The number of nitrogens with zero attached hydrogens (tertiary/aromatic N) is 2. The SMILES string of the molecule is Cc1cc(N2CCC(C(=O)O)CC2)ccc1[N+](=O)[O-]. The van der Waals surface area contributed by atoms with Gasteiger partial charge in [0.05, 0.1) is 10.8 Å². The van der Waals surface area contributed by atoms with Crippen LogP contribution in [0.1, 0.15) is 18.4 Å². The molecular formula is C13H16N2O4. The van der Waals surface area contributed by atoms with Gasteiger partial charge in [0, 0.05) is 30.4 Å². The maximum Gasteiger partial charge on any atom is 0.306 e. The zero-order chi connectivity index (χ0) is 14.0. The van der Waals surface area contributed by atoms with Crippen LogP contribution in [-0.2, 0) is 4.79 Å².